The lowest BCUT2D eigenvalue weighted by Gasteiger charge is -2.22. The Morgan fingerprint density at radius 3 is 2.95 bits per heavy atom. The van der Waals surface area contributed by atoms with Crippen LogP contribution >= 0.6 is 0 Å². The van der Waals surface area contributed by atoms with Crippen molar-refractivity contribution >= 4 is 11.5 Å². The summed E-state index contributed by atoms with van der Waals surface area (Å²) in [4.78, 5) is 9.35. The normalized spacial score (nSPS) is 17.3. The second-order valence-corrected chi connectivity index (χ2v) is 5.52. The first-order valence-corrected chi connectivity index (χ1v) is 7.63. The van der Waals surface area contributed by atoms with Crippen LogP contribution in [0.2, 0.25) is 0 Å². The Hall–Kier alpha value is -1.73. The summed E-state index contributed by atoms with van der Waals surface area (Å²) in [5.41, 5.74) is 6.45. The molecule has 2 N–H and O–H groups in total. The van der Waals surface area contributed by atoms with Crippen LogP contribution < -0.4 is 10.6 Å². The van der Waals surface area contributed by atoms with Gasteiger partial charge in [-0.1, -0.05) is 0 Å². The Morgan fingerprint density at radius 2 is 2.10 bits per heavy atom. The van der Waals surface area contributed by atoms with E-state index in [0.29, 0.717) is 0 Å². The second-order valence-electron chi connectivity index (χ2n) is 5.52. The number of rotatable bonds is 4. The third kappa shape index (κ3) is 2.98. The van der Waals surface area contributed by atoms with E-state index in [1.54, 1.807) is 0 Å². The molecule has 0 atom stereocenters. The molecule has 0 radical (unpaired) electrons. The molecule has 0 bridgehead atoms. The molecule has 0 saturated carbocycles. The molecule has 21 heavy (non-hydrogen) atoms. The first-order chi connectivity index (χ1) is 10.3. The van der Waals surface area contributed by atoms with E-state index in [-0.39, 0.29) is 0 Å². The van der Waals surface area contributed by atoms with Crippen LogP contribution in [-0.4, -0.2) is 63.8 Å². The Kier molecular flexibility index (Phi) is 4.31. The quantitative estimate of drug-likeness (QED) is 0.872. The summed E-state index contributed by atoms with van der Waals surface area (Å²) in [7, 11) is 0. The number of aromatic nitrogens is 4. The summed E-state index contributed by atoms with van der Waals surface area (Å²) in [6.45, 7) is 7.98. The van der Waals surface area contributed by atoms with Crippen LogP contribution in [-0.2, 0) is 0 Å². The van der Waals surface area contributed by atoms with Crippen LogP contribution in [0.25, 0.3) is 5.65 Å². The van der Waals surface area contributed by atoms with Crippen molar-refractivity contribution in [2.75, 3.05) is 44.2 Å². The molecule has 3 rings (SSSR count). The zero-order valence-corrected chi connectivity index (χ0v) is 12.6. The van der Waals surface area contributed by atoms with E-state index < -0.39 is 0 Å². The van der Waals surface area contributed by atoms with Crippen molar-refractivity contribution in [3.05, 3.63) is 18.2 Å². The van der Waals surface area contributed by atoms with Gasteiger partial charge in [0, 0.05) is 32.0 Å². The first kappa shape index (κ1) is 14.2. The van der Waals surface area contributed by atoms with Crippen LogP contribution in [0.5, 0.6) is 0 Å². The average molecular weight is 289 g/mol. The van der Waals surface area contributed by atoms with Crippen LogP contribution in [0.15, 0.2) is 12.4 Å². The van der Waals surface area contributed by atoms with Crippen molar-refractivity contribution in [3.63, 3.8) is 0 Å². The molecule has 1 aliphatic rings. The summed E-state index contributed by atoms with van der Waals surface area (Å²) in [5.74, 6) is 1.84. The molecule has 0 amide bonds. The van der Waals surface area contributed by atoms with E-state index in [9.17, 15) is 0 Å². The third-order valence-corrected chi connectivity index (χ3v) is 4.05. The SMILES string of the molecule is Cc1nnc2c(N3CCCN(CCCN)CC3)nccn12. The number of nitrogens with zero attached hydrogens (tertiary/aromatic N) is 6. The fraction of sp³-hybridized carbons (Fsp3) is 0.643. The Morgan fingerprint density at radius 1 is 1.19 bits per heavy atom. The molecule has 2 aromatic rings. The number of nitrogens with two attached hydrogens (primary N) is 1. The van der Waals surface area contributed by atoms with Crippen molar-refractivity contribution < 1.29 is 0 Å². The summed E-state index contributed by atoms with van der Waals surface area (Å²) in [6, 6.07) is 0. The zero-order chi connectivity index (χ0) is 14.7. The van der Waals surface area contributed by atoms with Gasteiger partial charge in [-0.2, -0.15) is 0 Å². The number of aryl methyl sites for hydroxylation is 1. The van der Waals surface area contributed by atoms with Crippen molar-refractivity contribution in [1.29, 1.82) is 0 Å². The minimum absolute atomic E-state index is 0.764. The molecule has 1 aliphatic heterocycles. The maximum Gasteiger partial charge on any atom is 0.203 e. The van der Waals surface area contributed by atoms with Gasteiger partial charge in [-0.3, -0.25) is 4.40 Å². The first-order valence-electron chi connectivity index (χ1n) is 7.63. The van der Waals surface area contributed by atoms with E-state index in [4.69, 9.17) is 5.73 Å². The largest absolute Gasteiger partial charge is 0.352 e. The molecule has 7 heteroatoms. The standard InChI is InChI=1S/C14H23N7/c1-12-17-18-14-13(16-5-9-21(12)14)20-8-3-7-19(10-11-20)6-2-4-15/h5,9H,2-4,6-8,10-11,15H2,1H3. The smallest absolute Gasteiger partial charge is 0.203 e. The van der Waals surface area contributed by atoms with Gasteiger partial charge in [0.15, 0.2) is 5.82 Å². The molecular weight excluding hydrogens is 266 g/mol. The lowest BCUT2D eigenvalue weighted by atomic mass is 10.3. The Labute approximate surface area is 124 Å². The topological polar surface area (TPSA) is 75.6 Å². The predicted molar refractivity (Wildman–Crippen MR) is 82.5 cm³/mol. The van der Waals surface area contributed by atoms with Crippen molar-refractivity contribution in [3.8, 4) is 0 Å². The third-order valence-electron chi connectivity index (χ3n) is 4.05. The fourth-order valence-electron chi connectivity index (χ4n) is 2.87. The molecule has 0 aromatic carbocycles. The van der Waals surface area contributed by atoms with Gasteiger partial charge >= 0.3 is 0 Å². The number of hydrogen-bond donors (Lipinski definition) is 1. The van der Waals surface area contributed by atoms with Crippen molar-refractivity contribution in [2.24, 2.45) is 5.73 Å². The van der Waals surface area contributed by atoms with Crippen LogP contribution in [0.4, 0.5) is 5.82 Å². The van der Waals surface area contributed by atoms with E-state index >= 15 is 0 Å². The lowest BCUT2D eigenvalue weighted by Crippen LogP contribution is -2.32. The van der Waals surface area contributed by atoms with Gasteiger partial charge < -0.3 is 15.5 Å². The van der Waals surface area contributed by atoms with E-state index in [1.165, 1.54) is 0 Å². The van der Waals surface area contributed by atoms with Crippen LogP contribution in [0.1, 0.15) is 18.7 Å². The highest BCUT2D eigenvalue weighted by molar-refractivity contribution is 5.63. The maximum absolute atomic E-state index is 5.60. The predicted octanol–water partition coefficient (Wildman–Crippen LogP) is 0.294. The minimum Gasteiger partial charge on any atom is -0.352 e. The Balaban J connectivity index is 1.77. The fourth-order valence-corrected chi connectivity index (χ4v) is 2.87. The summed E-state index contributed by atoms with van der Waals surface area (Å²) in [6.07, 6.45) is 5.95. The zero-order valence-electron chi connectivity index (χ0n) is 12.6. The van der Waals surface area contributed by atoms with Gasteiger partial charge in [-0.25, -0.2) is 4.98 Å². The number of anilines is 1. The Bertz CT molecular complexity index is 594. The highest BCUT2D eigenvalue weighted by Crippen LogP contribution is 2.19. The van der Waals surface area contributed by atoms with Crippen molar-refractivity contribution in [1.82, 2.24) is 24.5 Å². The summed E-state index contributed by atoms with van der Waals surface area (Å²) < 4.78 is 2.00. The van der Waals surface area contributed by atoms with Gasteiger partial charge in [-0.15, -0.1) is 10.2 Å². The molecule has 1 fully saturated rings. The lowest BCUT2D eigenvalue weighted by molar-refractivity contribution is 0.291. The van der Waals surface area contributed by atoms with Gasteiger partial charge in [0.05, 0.1) is 0 Å². The molecule has 0 unspecified atom stereocenters. The van der Waals surface area contributed by atoms with Gasteiger partial charge in [0.25, 0.3) is 0 Å². The van der Waals surface area contributed by atoms with Crippen LogP contribution in [0.3, 0.4) is 0 Å². The van der Waals surface area contributed by atoms with Gasteiger partial charge in [-0.05, 0) is 39.4 Å². The molecule has 7 nitrogen and oxygen atoms in total. The molecule has 1 saturated heterocycles. The summed E-state index contributed by atoms with van der Waals surface area (Å²) >= 11 is 0. The molecule has 0 aliphatic carbocycles. The summed E-state index contributed by atoms with van der Waals surface area (Å²) in [5, 5.41) is 8.42. The van der Waals surface area contributed by atoms with Crippen LogP contribution in [0, 0.1) is 6.92 Å². The number of fused-ring (bicyclic) bond motifs is 1. The van der Waals surface area contributed by atoms with E-state index in [0.717, 1.165) is 69.4 Å². The highest BCUT2D eigenvalue weighted by Gasteiger charge is 2.19. The minimum atomic E-state index is 0.764. The maximum atomic E-state index is 5.60. The molecule has 3 heterocycles. The molecule has 0 spiro atoms. The molecular formula is C14H23N7. The second kappa shape index (κ2) is 6.36. The molecule has 114 valence electrons. The van der Waals surface area contributed by atoms with Gasteiger partial charge in [0.1, 0.15) is 5.82 Å². The highest BCUT2D eigenvalue weighted by atomic mass is 15.3. The van der Waals surface area contributed by atoms with E-state index in [2.05, 4.69) is 25.0 Å². The average Bonchev–Trinajstić information content (AvgIpc) is 2.74. The number of hydrogen-bond acceptors (Lipinski definition) is 6. The van der Waals surface area contributed by atoms with E-state index in [1.807, 2.05) is 23.7 Å². The monoisotopic (exact) mass is 289 g/mol. The van der Waals surface area contributed by atoms with Crippen molar-refractivity contribution in [2.45, 2.75) is 19.8 Å². The molecule has 2 aromatic heterocycles. The van der Waals surface area contributed by atoms with Gasteiger partial charge in [0.2, 0.25) is 5.65 Å².